The lowest BCUT2D eigenvalue weighted by Crippen LogP contribution is -2.17. The van der Waals surface area contributed by atoms with Crippen LogP contribution in [0.5, 0.6) is 0 Å². The van der Waals surface area contributed by atoms with Crippen molar-refractivity contribution in [3.05, 3.63) is 168 Å². The van der Waals surface area contributed by atoms with Crippen LogP contribution in [0.4, 0.5) is 0 Å². The van der Waals surface area contributed by atoms with E-state index in [4.69, 9.17) is 20.1 Å². The Morgan fingerprint density at radius 1 is 0.521 bits per heavy atom. The van der Waals surface area contributed by atoms with Crippen LogP contribution in [0.15, 0.2) is 166 Å². The van der Waals surface area contributed by atoms with E-state index in [0.29, 0.717) is 18.2 Å². The van der Waals surface area contributed by atoms with Gasteiger partial charge >= 0.3 is 0 Å². The number of hydrogen-bond donors (Lipinski definition) is 1. The number of thiophene rings is 1. The molecule has 9 aromatic rings. The standard InChI is InChI=1S/C43H29N3OS/c44-42(46-43(45-26-27-12-2-1-3-13-27)35-21-11-25-39-41(35)34-15-5-7-24-38(34)48-39)32-20-9-16-28-29(17-8-18-30(28)32)31-19-10-23-37-40(31)33-14-4-6-22-36(33)47-37/h1-25H,26H2,(H2,44,45,46). The fourth-order valence-electron chi connectivity index (χ4n) is 6.83. The molecule has 0 atom stereocenters. The van der Waals surface area contributed by atoms with Crippen molar-refractivity contribution in [1.29, 1.82) is 0 Å². The van der Waals surface area contributed by atoms with Crippen molar-refractivity contribution in [2.75, 3.05) is 0 Å². The van der Waals surface area contributed by atoms with Crippen LogP contribution in [-0.4, -0.2) is 11.7 Å². The number of furan rings is 1. The number of para-hydroxylation sites is 1. The highest BCUT2D eigenvalue weighted by molar-refractivity contribution is 7.25. The summed E-state index contributed by atoms with van der Waals surface area (Å²) < 4.78 is 8.67. The average Bonchev–Trinajstić information content (AvgIpc) is 3.72. The first-order valence-electron chi connectivity index (χ1n) is 16.0. The first-order valence-corrected chi connectivity index (χ1v) is 16.8. The molecule has 228 valence electrons. The summed E-state index contributed by atoms with van der Waals surface area (Å²) in [6.45, 7) is 0.494. The van der Waals surface area contributed by atoms with Gasteiger partial charge in [-0.1, -0.05) is 127 Å². The maximum atomic E-state index is 6.99. The number of aliphatic imine (C=N–C) groups is 2. The second-order valence-electron chi connectivity index (χ2n) is 11.9. The third kappa shape index (κ3) is 4.75. The first kappa shape index (κ1) is 28.2. The quantitative estimate of drug-likeness (QED) is 0.151. The smallest absolute Gasteiger partial charge is 0.158 e. The average molecular weight is 636 g/mol. The van der Waals surface area contributed by atoms with Crippen molar-refractivity contribution >= 4 is 75.9 Å². The molecule has 0 fully saturated rings. The second-order valence-corrected chi connectivity index (χ2v) is 13.0. The summed E-state index contributed by atoms with van der Waals surface area (Å²) in [7, 11) is 0. The number of benzene rings is 7. The Labute approximate surface area is 281 Å². The van der Waals surface area contributed by atoms with Crippen LogP contribution in [0.2, 0.25) is 0 Å². The van der Waals surface area contributed by atoms with Gasteiger partial charge in [-0.05, 0) is 51.7 Å². The molecule has 0 amide bonds. The maximum Gasteiger partial charge on any atom is 0.158 e. The molecule has 2 heterocycles. The highest BCUT2D eigenvalue weighted by atomic mass is 32.1. The van der Waals surface area contributed by atoms with Gasteiger partial charge in [-0.25, -0.2) is 4.99 Å². The fraction of sp³-hybridized carbons (Fsp3) is 0.0233. The molecule has 0 bridgehead atoms. The summed E-state index contributed by atoms with van der Waals surface area (Å²) in [6, 6.07) is 52.3. The summed E-state index contributed by atoms with van der Waals surface area (Å²) in [5.74, 6) is 1.04. The Balaban J connectivity index is 1.22. The molecule has 0 saturated heterocycles. The van der Waals surface area contributed by atoms with Gasteiger partial charge in [-0.15, -0.1) is 11.3 Å². The van der Waals surface area contributed by atoms with Crippen molar-refractivity contribution < 1.29 is 4.42 Å². The Hall–Kier alpha value is -6.04. The molecule has 0 aliphatic carbocycles. The fourth-order valence-corrected chi connectivity index (χ4v) is 7.97. The molecule has 0 saturated carbocycles. The monoisotopic (exact) mass is 635 g/mol. The minimum Gasteiger partial charge on any atom is -0.456 e. The summed E-state index contributed by atoms with van der Waals surface area (Å²) in [5.41, 5.74) is 13.9. The lowest BCUT2D eigenvalue weighted by atomic mass is 9.93. The Morgan fingerprint density at radius 2 is 1.17 bits per heavy atom. The normalized spacial score (nSPS) is 12.6. The zero-order chi connectivity index (χ0) is 32.0. The number of amidine groups is 2. The lowest BCUT2D eigenvalue weighted by Gasteiger charge is -2.13. The minimum atomic E-state index is 0.424. The first-order chi connectivity index (χ1) is 23.7. The highest BCUT2D eigenvalue weighted by Crippen LogP contribution is 2.40. The predicted molar refractivity (Wildman–Crippen MR) is 203 cm³/mol. The van der Waals surface area contributed by atoms with Crippen molar-refractivity contribution in [2.24, 2.45) is 15.7 Å². The Morgan fingerprint density at radius 3 is 2.08 bits per heavy atom. The van der Waals surface area contributed by atoms with Gasteiger partial charge in [0.1, 0.15) is 17.0 Å². The van der Waals surface area contributed by atoms with Gasteiger partial charge in [0.05, 0.1) is 6.54 Å². The zero-order valence-corrected chi connectivity index (χ0v) is 26.7. The Kier molecular flexibility index (Phi) is 6.84. The van der Waals surface area contributed by atoms with Crippen LogP contribution < -0.4 is 5.73 Å². The van der Waals surface area contributed by atoms with Gasteiger partial charge in [0, 0.05) is 42.1 Å². The van der Waals surface area contributed by atoms with Gasteiger partial charge in [0.15, 0.2) is 5.84 Å². The maximum absolute atomic E-state index is 6.99. The molecular formula is C43H29N3OS. The summed E-state index contributed by atoms with van der Waals surface area (Å²) in [6.07, 6.45) is 0. The summed E-state index contributed by atoms with van der Waals surface area (Å²) >= 11 is 1.78. The number of nitrogens with zero attached hydrogens (tertiary/aromatic N) is 2. The summed E-state index contributed by atoms with van der Waals surface area (Å²) in [4.78, 5) is 10.2. The largest absolute Gasteiger partial charge is 0.456 e. The van der Waals surface area contributed by atoms with Crippen LogP contribution in [0.1, 0.15) is 16.7 Å². The van der Waals surface area contributed by atoms with E-state index >= 15 is 0 Å². The van der Waals surface area contributed by atoms with Crippen LogP contribution in [-0.2, 0) is 6.54 Å². The number of rotatable bonds is 5. The SMILES string of the molecule is N/C(=N\C(=N/Cc1ccccc1)c1cccc2sc3ccccc3c12)c1cccc2c(-c3cccc4oc5ccccc5c34)cccc12. The lowest BCUT2D eigenvalue weighted by molar-refractivity contribution is 0.669. The van der Waals surface area contributed by atoms with Crippen LogP contribution >= 0.6 is 11.3 Å². The van der Waals surface area contributed by atoms with Crippen LogP contribution in [0, 0.1) is 0 Å². The van der Waals surface area contributed by atoms with Crippen LogP contribution in [0.3, 0.4) is 0 Å². The predicted octanol–water partition coefficient (Wildman–Crippen LogP) is 11.1. The Bertz CT molecular complexity index is 2720. The second kappa shape index (κ2) is 11.6. The molecule has 2 N–H and O–H groups in total. The molecule has 7 aromatic carbocycles. The van der Waals surface area contributed by atoms with E-state index in [9.17, 15) is 0 Å². The van der Waals surface area contributed by atoms with E-state index in [1.165, 1.54) is 14.8 Å². The number of nitrogens with two attached hydrogens (primary N) is 1. The van der Waals surface area contributed by atoms with E-state index in [1.807, 2.05) is 42.5 Å². The van der Waals surface area contributed by atoms with Gasteiger partial charge in [0.25, 0.3) is 0 Å². The molecule has 9 rings (SSSR count). The molecular weight excluding hydrogens is 607 g/mol. The van der Waals surface area contributed by atoms with E-state index in [-0.39, 0.29) is 0 Å². The van der Waals surface area contributed by atoms with Gasteiger partial charge in [0.2, 0.25) is 0 Å². The highest BCUT2D eigenvalue weighted by Gasteiger charge is 2.17. The molecule has 0 unspecified atom stereocenters. The molecule has 0 radical (unpaired) electrons. The zero-order valence-electron chi connectivity index (χ0n) is 25.9. The van der Waals surface area contributed by atoms with E-state index in [2.05, 4.69) is 109 Å². The van der Waals surface area contributed by atoms with Crippen LogP contribution in [0.25, 0.3) is 64.0 Å². The van der Waals surface area contributed by atoms with E-state index < -0.39 is 0 Å². The molecule has 0 aliphatic heterocycles. The molecule has 0 spiro atoms. The molecule has 2 aromatic heterocycles. The third-order valence-corrected chi connectivity index (χ3v) is 10.2. The molecule has 4 nitrogen and oxygen atoms in total. The van der Waals surface area contributed by atoms with Gasteiger partial charge in [-0.2, -0.15) is 0 Å². The topological polar surface area (TPSA) is 63.9 Å². The molecule has 5 heteroatoms. The van der Waals surface area contributed by atoms with E-state index in [0.717, 1.165) is 65.9 Å². The minimum absolute atomic E-state index is 0.424. The van der Waals surface area contributed by atoms with Crippen molar-refractivity contribution in [1.82, 2.24) is 0 Å². The van der Waals surface area contributed by atoms with E-state index in [1.54, 1.807) is 11.3 Å². The van der Waals surface area contributed by atoms with Gasteiger partial charge < -0.3 is 10.2 Å². The van der Waals surface area contributed by atoms with Crippen molar-refractivity contribution in [3.8, 4) is 11.1 Å². The number of hydrogen-bond acceptors (Lipinski definition) is 3. The summed E-state index contributed by atoms with van der Waals surface area (Å²) in [5, 5.41) is 6.69. The molecule has 0 aliphatic rings. The third-order valence-electron chi connectivity index (χ3n) is 9.01. The molecule has 48 heavy (non-hydrogen) atoms. The van der Waals surface area contributed by atoms with Gasteiger partial charge in [-0.3, -0.25) is 4.99 Å². The number of fused-ring (bicyclic) bond motifs is 7. The van der Waals surface area contributed by atoms with Crippen molar-refractivity contribution in [2.45, 2.75) is 6.54 Å². The van der Waals surface area contributed by atoms with Crippen molar-refractivity contribution in [3.63, 3.8) is 0 Å².